The lowest BCUT2D eigenvalue weighted by molar-refractivity contribution is -0.0609. The predicted molar refractivity (Wildman–Crippen MR) is 75.9 cm³/mol. The topological polar surface area (TPSA) is 18.5 Å². The Hall–Kier alpha value is -0.860. The van der Waals surface area contributed by atoms with Gasteiger partial charge in [0.1, 0.15) is 0 Å². The van der Waals surface area contributed by atoms with Crippen molar-refractivity contribution in [3.05, 3.63) is 35.4 Å². The van der Waals surface area contributed by atoms with E-state index in [1.807, 2.05) is 0 Å². The summed E-state index contributed by atoms with van der Waals surface area (Å²) < 4.78 is 11.4. The van der Waals surface area contributed by atoms with E-state index in [-0.39, 0.29) is 11.2 Å². The molecule has 1 aromatic carbocycles. The fraction of sp³-hybridized carbons (Fsp3) is 0.625. The Morgan fingerprint density at radius 1 is 1.11 bits per heavy atom. The molecule has 2 nitrogen and oxygen atoms in total. The van der Waals surface area contributed by atoms with Gasteiger partial charge in [0.25, 0.3) is 0 Å². The summed E-state index contributed by atoms with van der Waals surface area (Å²) >= 11 is 0. The van der Waals surface area contributed by atoms with E-state index in [1.165, 1.54) is 11.1 Å². The van der Waals surface area contributed by atoms with Crippen molar-refractivity contribution in [1.82, 2.24) is 0 Å². The van der Waals surface area contributed by atoms with Crippen LogP contribution in [0.15, 0.2) is 24.3 Å². The highest BCUT2D eigenvalue weighted by Crippen LogP contribution is 2.26. The number of ether oxygens (including phenoxy) is 2. The first-order chi connectivity index (χ1) is 8.27. The van der Waals surface area contributed by atoms with Crippen LogP contribution in [0.3, 0.4) is 0 Å². The molecule has 0 aliphatic rings. The van der Waals surface area contributed by atoms with Gasteiger partial charge in [0.15, 0.2) is 0 Å². The van der Waals surface area contributed by atoms with Crippen molar-refractivity contribution >= 4 is 0 Å². The lowest BCUT2D eigenvalue weighted by Gasteiger charge is -2.29. The molecule has 0 amide bonds. The van der Waals surface area contributed by atoms with Gasteiger partial charge in [0.05, 0.1) is 17.8 Å². The Labute approximate surface area is 111 Å². The van der Waals surface area contributed by atoms with Gasteiger partial charge in [-0.1, -0.05) is 29.8 Å². The lowest BCUT2D eigenvalue weighted by Crippen LogP contribution is -2.28. The van der Waals surface area contributed by atoms with E-state index in [0.29, 0.717) is 6.61 Å². The quantitative estimate of drug-likeness (QED) is 0.758. The van der Waals surface area contributed by atoms with E-state index < -0.39 is 0 Å². The summed E-state index contributed by atoms with van der Waals surface area (Å²) in [6.07, 6.45) is 0.888. The van der Waals surface area contributed by atoms with Crippen LogP contribution < -0.4 is 0 Å². The highest BCUT2D eigenvalue weighted by molar-refractivity contribution is 5.26. The van der Waals surface area contributed by atoms with Gasteiger partial charge in [-0.15, -0.1) is 0 Å². The van der Waals surface area contributed by atoms with E-state index in [0.717, 1.165) is 6.42 Å². The zero-order valence-electron chi connectivity index (χ0n) is 12.5. The molecule has 0 aromatic heterocycles. The fourth-order valence-electron chi connectivity index (χ4n) is 1.76. The molecule has 2 heteroatoms. The smallest absolute Gasteiger partial charge is 0.0875 e. The molecule has 0 heterocycles. The highest BCUT2D eigenvalue weighted by atomic mass is 16.5. The maximum absolute atomic E-state index is 6.03. The van der Waals surface area contributed by atoms with Gasteiger partial charge >= 0.3 is 0 Å². The monoisotopic (exact) mass is 250 g/mol. The van der Waals surface area contributed by atoms with Crippen LogP contribution in [-0.4, -0.2) is 19.3 Å². The van der Waals surface area contributed by atoms with Crippen molar-refractivity contribution in [2.75, 3.05) is 13.7 Å². The molecule has 0 radical (unpaired) electrons. The zero-order chi connectivity index (χ0) is 13.8. The number of hydrogen-bond donors (Lipinski definition) is 0. The molecule has 0 aliphatic carbocycles. The largest absolute Gasteiger partial charge is 0.379 e. The normalized spacial score (nSPS) is 12.8. The van der Waals surface area contributed by atoms with Crippen LogP contribution in [0.25, 0.3) is 0 Å². The van der Waals surface area contributed by atoms with Crippen molar-refractivity contribution < 1.29 is 9.47 Å². The van der Waals surface area contributed by atoms with Gasteiger partial charge in [0, 0.05) is 7.11 Å². The maximum Gasteiger partial charge on any atom is 0.0875 e. The lowest BCUT2D eigenvalue weighted by atomic mass is 9.96. The van der Waals surface area contributed by atoms with E-state index in [2.05, 4.69) is 58.9 Å². The fourth-order valence-corrected chi connectivity index (χ4v) is 1.76. The molecule has 0 spiro atoms. The van der Waals surface area contributed by atoms with Crippen molar-refractivity contribution in [3.63, 3.8) is 0 Å². The first-order valence-corrected chi connectivity index (χ1v) is 6.53. The number of hydrogen-bond acceptors (Lipinski definition) is 2. The van der Waals surface area contributed by atoms with Crippen molar-refractivity contribution in [2.24, 2.45) is 0 Å². The molecule has 0 saturated carbocycles. The third-order valence-electron chi connectivity index (χ3n) is 3.43. The SMILES string of the molecule is COC(C)(C)CCOC(C)(C)c1cccc(C)c1. The maximum atomic E-state index is 6.03. The van der Waals surface area contributed by atoms with Gasteiger partial charge in [-0.05, 0) is 46.6 Å². The molecule has 0 saturated heterocycles. The second-order valence-electron chi connectivity index (χ2n) is 5.94. The van der Waals surface area contributed by atoms with Crippen LogP contribution in [0.1, 0.15) is 45.2 Å². The summed E-state index contributed by atoms with van der Waals surface area (Å²) in [4.78, 5) is 0. The average Bonchev–Trinajstić information content (AvgIpc) is 2.28. The molecule has 0 bridgehead atoms. The summed E-state index contributed by atoms with van der Waals surface area (Å²) in [5, 5.41) is 0. The molecular formula is C16H26O2. The Morgan fingerprint density at radius 3 is 2.33 bits per heavy atom. The molecule has 18 heavy (non-hydrogen) atoms. The van der Waals surface area contributed by atoms with Gasteiger partial charge in [-0.2, -0.15) is 0 Å². The molecule has 0 fully saturated rings. The molecule has 0 aliphatic heterocycles. The van der Waals surface area contributed by atoms with E-state index in [1.54, 1.807) is 7.11 Å². The average molecular weight is 250 g/mol. The molecule has 0 N–H and O–H groups in total. The van der Waals surface area contributed by atoms with Gasteiger partial charge < -0.3 is 9.47 Å². The van der Waals surface area contributed by atoms with Crippen LogP contribution in [-0.2, 0) is 15.1 Å². The molecule has 1 rings (SSSR count). The Kier molecular flexibility index (Phi) is 4.94. The number of methoxy groups -OCH3 is 1. The van der Waals surface area contributed by atoms with E-state index in [9.17, 15) is 0 Å². The van der Waals surface area contributed by atoms with Crippen LogP contribution in [0.4, 0.5) is 0 Å². The Balaban J connectivity index is 2.60. The van der Waals surface area contributed by atoms with Crippen LogP contribution in [0, 0.1) is 6.92 Å². The number of benzene rings is 1. The Bertz CT molecular complexity index is 380. The van der Waals surface area contributed by atoms with Crippen molar-refractivity contribution in [3.8, 4) is 0 Å². The summed E-state index contributed by atoms with van der Waals surface area (Å²) in [7, 11) is 1.74. The zero-order valence-corrected chi connectivity index (χ0v) is 12.5. The van der Waals surface area contributed by atoms with Gasteiger partial charge in [-0.25, -0.2) is 0 Å². The summed E-state index contributed by atoms with van der Waals surface area (Å²) in [5.41, 5.74) is 2.11. The molecular weight excluding hydrogens is 224 g/mol. The van der Waals surface area contributed by atoms with Crippen LogP contribution >= 0.6 is 0 Å². The number of rotatable bonds is 6. The minimum atomic E-state index is -0.254. The predicted octanol–water partition coefficient (Wildman–Crippen LogP) is 4.06. The summed E-state index contributed by atoms with van der Waals surface area (Å²) in [5.74, 6) is 0. The Morgan fingerprint density at radius 2 is 1.78 bits per heavy atom. The first-order valence-electron chi connectivity index (χ1n) is 6.53. The van der Waals surface area contributed by atoms with Crippen LogP contribution in [0.2, 0.25) is 0 Å². The van der Waals surface area contributed by atoms with Crippen molar-refractivity contribution in [1.29, 1.82) is 0 Å². The second-order valence-corrected chi connectivity index (χ2v) is 5.94. The molecule has 0 atom stereocenters. The van der Waals surface area contributed by atoms with E-state index in [4.69, 9.17) is 9.47 Å². The molecule has 0 unspecified atom stereocenters. The van der Waals surface area contributed by atoms with Crippen LogP contribution in [0.5, 0.6) is 0 Å². The van der Waals surface area contributed by atoms with Crippen molar-refractivity contribution in [2.45, 2.75) is 52.2 Å². The van der Waals surface area contributed by atoms with Gasteiger partial charge in [0.2, 0.25) is 0 Å². The highest BCUT2D eigenvalue weighted by Gasteiger charge is 2.23. The minimum absolute atomic E-state index is 0.122. The third-order valence-corrected chi connectivity index (χ3v) is 3.43. The summed E-state index contributed by atoms with van der Waals surface area (Å²) in [6, 6.07) is 8.48. The first kappa shape index (κ1) is 15.2. The number of aryl methyl sites for hydroxylation is 1. The summed E-state index contributed by atoms with van der Waals surface area (Å²) in [6.45, 7) is 11.2. The van der Waals surface area contributed by atoms with Gasteiger partial charge in [-0.3, -0.25) is 0 Å². The molecule has 102 valence electrons. The minimum Gasteiger partial charge on any atom is -0.379 e. The van der Waals surface area contributed by atoms with E-state index >= 15 is 0 Å². The standard InChI is InChI=1S/C16H26O2/c1-13-8-7-9-14(12-13)16(4,5)18-11-10-15(2,3)17-6/h7-9,12H,10-11H2,1-6H3. The molecule has 1 aromatic rings. The second kappa shape index (κ2) is 5.85. The third kappa shape index (κ3) is 4.43.